The minimum Gasteiger partial charge on any atom is -0.259 e. The van der Waals surface area contributed by atoms with Crippen molar-refractivity contribution in [2.45, 2.75) is 26.2 Å². The van der Waals surface area contributed by atoms with Gasteiger partial charge in [0, 0.05) is 0 Å². The highest BCUT2D eigenvalue weighted by molar-refractivity contribution is 5.78. The number of hydrogen-bond donors (Lipinski definition) is 0. The number of nitrogens with zero attached hydrogens (tertiary/aromatic N) is 1. The van der Waals surface area contributed by atoms with Gasteiger partial charge in [-0.15, -0.1) is 0 Å². The minimum absolute atomic E-state index is 0.0348. The van der Waals surface area contributed by atoms with Gasteiger partial charge in [-0.05, 0) is 22.1 Å². The third-order valence-corrected chi connectivity index (χ3v) is 3.25. The summed E-state index contributed by atoms with van der Waals surface area (Å²) >= 11 is 0. The van der Waals surface area contributed by atoms with Crippen molar-refractivity contribution < 1.29 is 8.78 Å². The van der Waals surface area contributed by atoms with Crippen LogP contribution < -0.4 is 0 Å². The van der Waals surface area contributed by atoms with Crippen LogP contribution in [0.1, 0.15) is 37.5 Å². The lowest BCUT2D eigenvalue weighted by molar-refractivity contribution is 0.567. The molecule has 20 heavy (non-hydrogen) atoms. The van der Waals surface area contributed by atoms with Gasteiger partial charge in [0.25, 0.3) is 0 Å². The van der Waals surface area contributed by atoms with Gasteiger partial charge in [-0.3, -0.25) is 4.98 Å². The first-order valence-electron chi connectivity index (χ1n) is 6.40. The van der Waals surface area contributed by atoms with Crippen LogP contribution in [-0.2, 0) is 5.41 Å². The molecule has 0 spiro atoms. The third-order valence-electron chi connectivity index (χ3n) is 3.25. The number of benzene rings is 1. The van der Waals surface area contributed by atoms with E-state index in [1.807, 2.05) is 24.3 Å². The Morgan fingerprint density at radius 2 is 1.50 bits per heavy atom. The average Bonchev–Trinajstić information content (AvgIpc) is 2.37. The molecule has 0 bridgehead atoms. The fourth-order valence-corrected chi connectivity index (χ4v) is 2.02. The monoisotopic (exact) mass is 273 g/mol. The molecule has 1 nitrogen and oxygen atoms in total. The van der Waals surface area contributed by atoms with Gasteiger partial charge in [-0.25, -0.2) is 8.78 Å². The molecular weight excluding hydrogens is 256 g/mol. The Balaban J connectivity index is 2.40. The second kappa shape index (κ2) is 5.16. The summed E-state index contributed by atoms with van der Waals surface area (Å²) in [6, 6.07) is 7.58. The lowest BCUT2D eigenvalue weighted by Gasteiger charge is -2.19. The van der Waals surface area contributed by atoms with Gasteiger partial charge in [-0.2, -0.15) is 0 Å². The van der Waals surface area contributed by atoms with Gasteiger partial charge in [-0.1, -0.05) is 51.6 Å². The second-order valence-corrected chi connectivity index (χ2v) is 5.78. The summed E-state index contributed by atoms with van der Waals surface area (Å²) in [6.07, 6.45) is 1.99. The van der Waals surface area contributed by atoms with Crippen molar-refractivity contribution in [3.8, 4) is 0 Å². The van der Waals surface area contributed by atoms with Crippen molar-refractivity contribution in [2.24, 2.45) is 0 Å². The zero-order chi connectivity index (χ0) is 14.9. The Bertz CT molecular complexity index is 617. The molecule has 0 saturated heterocycles. The van der Waals surface area contributed by atoms with E-state index in [0.717, 1.165) is 18.0 Å². The van der Waals surface area contributed by atoms with Crippen molar-refractivity contribution in [3.05, 3.63) is 71.6 Å². The number of rotatable bonds is 2. The molecule has 1 aromatic carbocycles. The van der Waals surface area contributed by atoms with Gasteiger partial charge in [0.15, 0.2) is 11.6 Å². The molecule has 0 unspecified atom stereocenters. The highest BCUT2D eigenvalue weighted by atomic mass is 19.1. The van der Waals surface area contributed by atoms with E-state index in [-0.39, 0.29) is 11.0 Å². The number of pyridine rings is 1. The molecule has 0 aliphatic rings. The maximum absolute atomic E-state index is 13.7. The van der Waals surface area contributed by atoms with Crippen LogP contribution in [0.5, 0.6) is 0 Å². The standard InChI is InChI=1S/C17H17F2N/c1-11(16-14(18)9-20-10-15(16)19)12-5-7-13(8-6-12)17(2,3)4/h5-10H,1H2,2-4H3. The molecule has 0 aliphatic carbocycles. The quantitative estimate of drug-likeness (QED) is 0.771. The zero-order valence-corrected chi connectivity index (χ0v) is 11.9. The van der Waals surface area contributed by atoms with Crippen LogP contribution >= 0.6 is 0 Å². The Labute approximate surface area is 118 Å². The molecule has 0 radical (unpaired) electrons. The van der Waals surface area contributed by atoms with E-state index >= 15 is 0 Å². The van der Waals surface area contributed by atoms with Gasteiger partial charge < -0.3 is 0 Å². The highest BCUT2D eigenvalue weighted by Crippen LogP contribution is 2.28. The van der Waals surface area contributed by atoms with Crippen LogP contribution in [0.4, 0.5) is 8.78 Å². The van der Waals surface area contributed by atoms with E-state index in [4.69, 9.17) is 0 Å². The van der Waals surface area contributed by atoms with E-state index in [2.05, 4.69) is 32.3 Å². The van der Waals surface area contributed by atoms with Crippen LogP contribution in [0.15, 0.2) is 43.2 Å². The van der Waals surface area contributed by atoms with E-state index in [9.17, 15) is 8.78 Å². The number of halogens is 2. The molecule has 0 atom stereocenters. The zero-order valence-electron chi connectivity index (χ0n) is 11.9. The van der Waals surface area contributed by atoms with Gasteiger partial charge in [0.1, 0.15) is 0 Å². The molecule has 1 aromatic heterocycles. The summed E-state index contributed by atoms with van der Waals surface area (Å²) in [7, 11) is 0. The van der Waals surface area contributed by atoms with E-state index in [1.54, 1.807) is 0 Å². The summed E-state index contributed by atoms with van der Waals surface area (Å²) in [6.45, 7) is 10.1. The van der Waals surface area contributed by atoms with Crippen LogP contribution in [-0.4, -0.2) is 4.98 Å². The van der Waals surface area contributed by atoms with Crippen LogP contribution in [0.3, 0.4) is 0 Å². The molecule has 1 heterocycles. The third kappa shape index (κ3) is 2.77. The predicted octanol–water partition coefficient (Wildman–Crippen LogP) is 4.72. The predicted molar refractivity (Wildman–Crippen MR) is 77.4 cm³/mol. The highest BCUT2D eigenvalue weighted by Gasteiger charge is 2.16. The van der Waals surface area contributed by atoms with Crippen LogP contribution in [0, 0.1) is 11.6 Å². The van der Waals surface area contributed by atoms with Crippen LogP contribution in [0.25, 0.3) is 5.57 Å². The first-order chi connectivity index (χ1) is 9.30. The van der Waals surface area contributed by atoms with Crippen molar-refractivity contribution in [1.29, 1.82) is 0 Å². The molecule has 0 amide bonds. The van der Waals surface area contributed by atoms with E-state index in [0.29, 0.717) is 11.1 Å². The number of aromatic nitrogens is 1. The first kappa shape index (κ1) is 14.4. The summed E-state index contributed by atoms with van der Waals surface area (Å²) in [4.78, 5) is 3.48. The van der Waals surface area contributed by atoms with Crippen molar-refractivity contribution >= 4 is 5.57 Å². The SMILES string of the molecule is C=C(c1ccc(C(C)(C)C)cc1)c1c(F)cncc1F. The molecule has 3 heteroatoms. The fourth-order valence-electron chi connectivity index (χ4n) is 2.02. The normalized spacial score (nSPS) is 11.4. The minimum atomic E-state index is -0.699. The molecule has 2 aromatic rings. The summed E-state index contributed by atoms with van der Waals surface area (Å²) in [5.74, 6) is -1.40. The molecule has 104 valence electrons. The molecule has 0 aliphatic heterocycles. The smallest absolute Gasteiger partial charge is 0.152 e. The topological polar surface area (TPSA) is 12.9 Å². The summed E-state index contributed by atoms with van der Waals surface area (Å²) in [5.41, 5.74) is 2.09. The van der Waals surface area contributed by atoms with E-state index in [1.165, 1.54) is 0 Å². The molecular formula is C17H17F2N. The van der Waals surface area contributed by atoms with Gasteiger partial charge in [0.2, 0.25) is 0 Å². The Hall–Kier alpha value is -2.03. The molecule has 0 saturated carbocycles. The van der Waals surface area contributed by atoms with Crippen molar-refractivity contribution in [3.63, 3.8) is 0 Å². The lowest BCUT2D eigenvalue weighted by Crippen LogP contribution is -2.10. The van der Waals surface area contributed by atoms with Gasteiger partial charge >= 0.3 is 0 Å². The van der Waals surface area contributed by atoms with Crippen molar-refractivity contribution in [2.75, 3.05) is 0 Å². The number of hydrogen-bond acceptors (Lipinski definition) is 1. The Morgan fingerprint density at radius 1 is 1.00 bits per heavy atom. The van der Waals surface area contributed by atoms with Crippen molar-refractivity contribution in [1.82, 2.24) is 4.98 Å². The fraction of sp³-hybridized carbons (Fsp3) is 0.235. The molecule has 2 rings (SSSR count). The maximum atomic E-state index is 13.7. The Morgan fingerprint density at radius 3 is 1.95 bits per heavy atom. The van der Waals surface area contributed by atoms with Crippen LogP contribution in [0.2, 0.25) is 0 Å². The maximum Gasteiger partial charge on any atom is 0.152 e. The summed E-state index contributed by atoms with van der Waals surface area (Å²) < 4.78 is 27.4. The Kier molecular flexibility index (Phi) is 3.71. The van der Waals surface area contributed by atoms with Gasteiger partial charge in [0.05, 0.1) is 18.0 Å². The lowest BCUT2D eigenvalue weighted by atomic mass is 9.86. The first-order valence-corrected chi connectivity index (χ1v) is 6.40. The van der Waals surface area contributed by atoms with E-state index < -0.39 is 11.6 Å². The molecule has 0 fully saturated rings. The largest absolute Gasteiger partial charge is 0.259 e. The average molecular weight is 273 g/mol. The second-order valence-electron chi connectivity index (χ2n) is 5.78. The molecule has 0 N–H and O–H groups in total. The summed E-state index contributed by atoms with van der Waals surface area (Å²) in [5, 5.41) is 0.